The lowest BCUT2D eigenvalue weighted by atomic mass is 10.0. The molecule has 2 rings (SSSR count). The van der Waals surface area contributed by atoms with Crippen molar-refractivity contribution in [2.24, 2.45) is 5.41 Å². The number of aromatic hydroxyl groups is 1. The normalized spacial score (nSPS) is 17.1. The molecule has 0 atom stereocenters. The molecule has 1 saturated carbocycles. The zero-order valence-corrected chi connectivity index (χ0v) is 9.75. The van der Waals surface area contributed by atoms with Crippen LogP contribution >= 0.6 is 0 Å². The summed E-state index contributed by atoms with van der Waals surface area (Å²) in [7, 11) is 0. The van der Waals surface area contributed by atoms with Gasteiger partial charge in [0.1, 0.15) is 0 Å². The molecule has 0 unspecified atom stereocenters. The molecule has 1 aromatic rings. The zero-order valence-electron chi connectivity index (χ0n) is 9.75. The van der Waals surface area contributed by atoms with Crippen LogP contribution in [0, 0.1) is 11.2 Å². The minimum absolute atomic E-state index is 0.232. The van der Waals surface area contributed by atoms with E-state index >= 15 is 0 Å². The topological polar surface area (TPSA) is 52.5 Å². The van der Waals surface area contributed by atoms with Crippen LogP contribution < -0.4 is 5.32 Å². The summed E-state index contributed by atoms with van der Waals surface area (Å²) in [5.41, 5.74) is 1.09. The van der Waals surface area contributed by atoms with Crippen LogP contribution in [0.2, 0.25) is 0 Å². The van der Waals surface area contributed by atoms with Gasteiger partial charge >= 0.3 is 0 Å². The second kappa shape index (κ2) is 5.02. The zero-order chi connectivity index (χ0) is 12.3. The van der Waals surface area contributed by atoms with E-state index in [1.54, 1.807) is 6.07 Å². The Hall–Kier alpha value is -1.13. The number of hydrogen-bond acceptors (Lipinski definition) is 3. The van der Waals surface area contributed by atoms with Gasteiger partial charge in [-0.15, -0.1) is 0 Å². The average molecular weight is 239 g/mol. The van der Waals surface area contributed by atoms with Gasteiger partial charge in [-0.2, -0.15) is 0 Å². The van der Waals surface area contributed by atoms with Crippen LogP contribution in [0.4, 0.5) is 4.39 Å². The van der Waals surface area contributed by atoms with E-state index in [0.717, 1.165) is 31.4 Å². The maximum atomic E-state index is 13.1. The van der Waals surface area contributed by atoms with E-state index < -0.39 is 5.82 Å². The quantitative estimate of drug-likeness (QED) is 0.709. The highest BCUT2D eigenvalue weighted by molar-refractivity contribution is 5.27. The first-order chi connectivity index (χ1) is 8.15. The van der Waals surface area contributed by atoms with Crippen LogP contribution in [0.3, 0.4) is 0 Å². The first-order valence-electron chi connectivity index (χ1n) is 5.94. The van der Waals surface area contributed by atoms with E-state index in [9.17, 15) is 4.39 Å². The monoisotopic (exact) mass is 239 g/mol. The van der Waals surface area contributed by atoms with E-state index in [1.165, 1.54) is 12.1 Å². The Labute approximate surface area is 100 Å². The molecule has 0 heterocycles. The summed E-state index contributed by atoms with van der Waals surface area (Å²) in [6, 6.07) is 4.41. The smallest absolute Gasteiger partial charge is 0.165 e. The minimum Gasteiger partial charge on any atom is -0.505 e. The fourth-order valence-electron chi connectivity index (χ4n) is 2.06. The molecule has 17 heavy (non-hydrogen) atoms. The Morgan fingerprint density at radius 2 is 2.12 bits per heavy atom. The molecule has 1 aliphatic carbocycles. The van der Waals surface area contributed by atoms with Gasteiger partial charge in [-0.25, -0.2) is 4.39 Å². The molecule has 0 bridgehead atoms. The molecule has 94 valence electrons. The number of nitrogens with one attached hydrogen (secondary N) is 1. The Bertz CT molecular complexity index is 391. The standard InChI is InChI=1S/C13H18FNO2/c14-11-7-10(1-2-12(11)17)8-15-9-13(3-4-13)5-6-16/h1-2,7,15-17H,3-6,8-9H2. The van der Waals surface area contributed by atoms with Gasteiger partial charge in [-0.05, 0) is 42.4 Å². The number of aliphatic hydroxyl groups excluding tert-OH is 1. The molecule has 0 amide bonds. The van der Waals surface area contributed by atoms with E-state index in [-0.39, 0.29) is 17.8 Å². The molecule has 1 fully saturated rings. The molecule has 0 radical (unpaired) electrons. The first kappa shape index (κ1) is 12.3. The highest BCUT2D eigenvalue weighted by Crippen LogP contribution is 2.47. The summed E-state index contributed by atoms with van der Waals surface area (Å²) in [6.45, 7) is 1.68. The predicted octanol–water partition coefficient (Wildman–Crippen LogP) is 1.78. The van der Waals surface area contributed by atoms with Crippen molar-refractivity contribution in [1.82, 2.24) is 5.32 Å². The summed E-state index contributed by atoms with van der Waals surface area (Å²) in [5, 5.41) is 21.3. The lowest BCUT2D eigenvalue weighted by molar-refractivity contribution is 0.245. The van der Waals surface area contributed by atoms with Gasteiger partial charge in [0, 0.05) is 19.7 Å². The summed E-state index contributed by atoms with van der Waals surface area (Å²) >= 11 is 0. The van der Waals surface area contributed by atoms with E-state index in [2.05, 4.69) is 5.32 Å². The molecule has 0 spiro atoms. The van der Waals surface area contributed by atoms with Crippen LogP contribution in [0.15, 0.2) is 18.2 Å². The highest BCUT2D eigenvalue weighted by Gasteiger charge is 2.41. The van der Waals surface area contributed by atoms with Crippen LogP contribution in [0.1, 0.15) is 24.8 Å². The van der Waals surface area contributed by atoms with Crippen LogP contribution in [-0.2, 0) is 6.54 Å². The number of rotatable bonds is 6. The van der Waals surface area contributed by atoms with Crippen molar-refractivity contribution in [3.63, 3.8) is 0 Å². The van der Waals surface area contributed by atoms with E-state index in [1.807, 2.05) is 0 Å². The highest BCUT2D eigenvalue weighted by atomic mass is 19.1. The Balaban J connectivity index is 1.80. The van der Waals surface area contributed by atoms with Crippen molar-refractivity contribution in [2.75, 3.05) is 13.2 Å². The number of benzene rings is 1. The van der Waals surface area contributed by atoms with Gasteiger partial charge in [0.05, 0.1) is 0 Å². The summed E-state index contributed by atoms with van der Waals surface area (Å²) in [6.07, 6.45) is 3.15. The van der Waals surface area contributed by atoms with E-state index in [0.29, 0.717) is 6.54 Å². The SMILES string of the molecule is OCCC1(CNCc2ccc(O)c(F)c2)CC1. The third kappa shape index (κ3) is 3.17. The van der Waals surface area contributed by atoms with Gasteiger partial charge in [-0.1, -0.05) is 6.07 Å². The second-order valence-electron chi connectivity index (χ2n) is 4.86. The number of halogens is 1. The van der Waals surface area contributed by atoms with Gasteiger partial charge in [0.15, 0.2) is 11.6 Å². The maximum absolute atomic E-state index is 13.1. The van der Waals surface area contributed by atoms with Crippen molar-refractivity contribution in [2.45, 2.75) is 25.8 Å². The maximum Gasteiger partial charge on any atom is 0.165 e. The number of phenols is 1. The molecule has 3 nitrogen and oxygen atoms in total. The summed E-state index contributed by atoms with van der Waals surface area (Å²) in [5.74, 6) is -0.895. The molecule has 1 aromatic carbocycles. The van der Waals surface area contributed by atoms with Crippen molar-refractivity contribution in [3.8, 4) is 5.75 Å². The molecular formula is C13H18FNO2. The largest absolute Gasteiger partial charge is 0.505 e. The van der Waals surface area contributed by atoms with Crippen molar-refractivity contribution < 1.29 is 14.6 Å². The molecule has 4 heteroatoms. The Kier molecular flexibility index (Phi) is 3.64. The average Bonchev–Trinajstić information content (AvgIpc) is 3.04. The lowest BCUT2D eigenvalue weighted by Crippen LogP contribution is -2.24. The van der Waals surface area contributed by atoms with Gasteiger partial charge in [0.25, 0.3) is 0 Å². The summed E-state index contributed by atoms with van der Waals surface area (Å²) < 4.78 is 13.1. The first-order valence-corrected chi connectivity index (χ1v) is 5.94. The van der Waals surface area contributed by atoms with E-state index in [4.69, 9.17) is 10.2 Å². The van der Waals surface area contributed by atoms with Gasteiger partial charge < -0.3 is 15.5 Å². The van der Waals surface area contributed by atoms with Crippen LogP contribution in [0.25, 0.3) is 0 Å². The number of phenolic OH excluding ortho intramolecular Hbond substituents is 1. The fourth-order valence-corrected chi connectivity index (χ4v) is 2.06. The van der Waals surface area contributed by atoms with Gasteiger partial charge in [0.2, 0.25) is 0 Å². The third-order valence-corrected chi connectivity index (χ3v) is 3.44. The lowest BCUT2D eigenvalue weighted by Gasteiger charge is -2.14. The van der Waals surface area contributed by atoms with Crippen LogP contribution in [0.5, 0.6) is 5.75 Å². The Morgan fingerprint density at radius 1 is 1.35 bits per heavy atom. The van der Waals surface area contributed by atoms with Crippen molar-refractivity contribution in [1.29, 1.82) is 0 Å². The Morgan fingerprint density at radius 3 is 2.71 bits per heavy atom. The van der Waals surface area contributed by atoms with Crippen LogP contribution in [-0.4, -0.2) is 23.4 Å². The molecule has 0 aliphatic heterocycles. The predicted molar refractivity (Wildman–Crippen MR) is 63.1 cm³/mol. The third-order valence-electron chi connectivity index (χ3n) is 3.44. The van der Waals surface area contributed by atoms with Gasteiger partial charge in [-0.3, -0.25) is 0 Å². The minimum atomic E-state index is -0.583. The molecule has 3 N–H and O–H groups in total. The number of hydrogen-bond donors (Lipinski definition) is 3. The summed E-state index contributed by atoms with van der Waals surface area (Å²) in [4.78, 5) is 0. The van der Waals surface area contributed by atoms with Crippen molar-refractivity contribution in [3.05, 3.63) is 29.6 Å². The second-order valence-corrected chi connectivity index (χ2v) is 4.86. The molecule has 0 saturated heterocycles. The fraction of sp³-hybridized carbons (Fsp3) is 0.538. The number of aliphatic hydroxyl groups is 1. The van der Waals surface area contributed by atoms with Crippen molar-refractivity contribution >= 4 is 0 Å². The molecule has 1 aliphatic rings. The molecule has 0 aromatic heterocycles. The molecular weight excluding hydrogens is 221 g/mol.